The highest BCUT2D eigenvalue weighted by molar-refractivity contribution is 5.77. The van der Waals surface area contributed by atoms with Gasteiger partial charge in [-0.15, -0.1) is 0 Å². The Kier molecular flexibility index (Phi) is 5.56. The minimum Gasteiger partial charge on any atom is -0.368 e. The average molecular weight is 276 g/mol. The molecule has 4 nitrogen and oxygen atoms in total. The monoisotopic (exact) mass is 276 g/mol. The summed E-state index contributed by atoms with van der Waals surface area (Å²) < 4.78 is 5.72. The van der Waals surface area contributed by atoms with Gasteiger partial charge in [-0.2, -0.15) is 0 Å². The molecule has 4 heteroatoms. The number of piperidine rings is 1. The summed E-state index contributed by atoms with van der Waals surface area (Å²) in [6, 6.07) is 10.1. The molecule has 0 aromatic heterocycles. The van der Waals surface area contributed by atoms with Crippen molar-refractivity contribution in [2.24, 2.45) is 0 Å². The van der Waals surface area contributed by atoms with Crippen molar-refractivity contribution in [3.8, 4) is 0 Å². The van der Waals surface area contributed by atoms with Crippen LogP contribution in [0.15, 0.2) is 30.3 Å². The average Bonchev–Trinajstić information content (AvgIpc) is 2.53. The maximum atomic E-state index is 12.2. The largest absolute Gasteiger partial charge is 0.368 e. The molecule has 0 aliphatic carbocycles. The second-order valence-corrected chi connectivity index (χ2v) is 5.35. The van der Waals surface area contributed by atoms with E-state index in [1.54, 1.807) is 4.90 Å². The van der Waals surface area contributed by atoms with Crippen LogP contribution >= 0.6 is 0 Å². The molecule has 1 saturated heterocycles. The highest BCUT2D eigenvalue weighted by atomic mass is 16.5. The van der Waals surface area contributed by atoms with E-state index in [0.717, 1.165) is 31.5 Å². The Balaban J connectivity index is 1.82. The minimum absolute atomic E-state index is 0.0416. The zero-order valence-corrected chi connectivity index (χ0v) is 12.3. The lowest BCUT2D eigenvalue weighted by Gasteiger charge is -2.27. The fourth-order valence-corrected chi connectivity index (χ4v) is 2.42. The second kappa shape index (κ2) is 7.41. The lowest BCUT2D eigenvalue weighted by atomic mass is 10.1. The fraction of sp³-hybridized carbons (Fsp3) is 0.562. The number of amides is 1. The van der Waals surface area contributed by atoms with Gasteiger partial charge in [-0.3, -0.25) is 4.79 Å². The van der Waals surface area contributed by atoms with Crippen LogP contribution < -0.4 is 5.32 Å². The van der Waals surface area contributed by atoms with Crippen molar-refractivity contribution in [2.75, 3.05) is 26.7 Å². The van der Waals surface area contributed by atoms with Crippen LogP contribution in [0.25, 0.3) is 0 Å². The Morgan fingerprint density at radius 2 is 2.00 bits per heavy atom. The molecule has 110 valence electrons. The van der Waals surface area contributed by atoms with Gasteiger partial charge in [0.05, 0.1) is 12.1 Å². The van der Waals surface area contributed by atoms with E-state index in [2.05, 4.69) is 5.32 Å². The van der Waals surface area contributed by atoms with Crippen molar-refractivity contribution in [3.05, 3.63) is 35.9 Å². The van der Waals surface area contributed by atoms with Gasteiger partial charge in [0.2, 0.25) is 5.91 Å². The molecule has 2 rings (SSSR count). The number of hydrogen-bond acceptors (Lipinski definition) is 3. The molecule has 0 saturated carbocycles. The Labute approximate surface area is 121 Å². The fourth-order valence-electron chi connectivity index (χ4n) is 2.42. The quantitative estimate of drug-likeness (QED) is 0.894. The maximum Gasteiger partial charge on any atom is 0.248 e. The number of ether oxygens (including phenoxy) is 1. The van der Waals surface area contributed by atoms with Crippen LogP contribution in [0, 0.1) is 0 Å². The van der Waals surface area contributed by atoms with Crippen molar-refractivity contribution in [3.63, 3.8) is 0 Å². The van der Waals surface area contributed by atoms with Crippen molar-refractivity contribution < 1.29 is 9.53 Å². The van der Waals surface area contributed by atoms with Crippen LogP contribution in [0.2, 0.25) is 0 Å². The third kappa shape index (κ3) is 4.05. The van der Waals surface area contributed by atoms with Crippen LogP contribution in [0.3, 0.4) is 0 Å². The molecule has 0 spiro atoms. The van der Waals surface area contributed by atoms with E-state index in [0.29, 0.717) is 0 Å². The van der Waals surface area contributed by atoms with E-state index in [4.69, 9.17) is 4.74 Å². The molecule has 1 aromatic carbocycles. The van der Waals surface area contributed by atoms with Crippen LogP contribution in [0.4, 0.5) is 0 Å². The zero-order chi connectivity index (χ0) is 14.4. The summed E-state index contributed by atoms with van der Waals surface area (Å²) in [6.45, 7) is 4.18. The number of nitrogens with zero attached hydrogens (tertiary/aromatic N) is 1. The summed E-state index contributed by atoms with van der Waals surface area (Å²) in [5.74, 6) is 0.0416. The predicted molar refractivity (Wildman–Crippen MR) is 79.5 cm³/mol. The smallest absolute Gasteiger partial charge is 0.248 e. The number of carbonyl (C=O) groups is 1. The molecule has 1 aromatic rings. The molecule has 0 radical (unpaired) electrons. The number of rotatable bonds is 5. The van der Waals surface area contributed by atoms with E-state index in [-0.39, 0.29) is 24.7 Å². The standard InChI is InChI=1S/C16H24N2O2/c1-13(14-6-4-3-5-7-14)18(2)16(19)12-20-15-8-10-17-11-9-15/h3-7,13,15,17H,8-12H2,1-2H3. The van der Waals surface area contributed by atoms with Crippen LogP contribution in [-0.2, 0) is 9.53 Å². The van der Waals surface area contributed by atoms with Gasteiger partial charge in [0.1, 0.15) is 6.61 Å². The molecule has 1 aliphatic heterocycles. The van der Waals surface area contributed by atoms with E-state index in [1.807, 2.05) is 44.3 Å². The topological polar surface area (TPSA) is 41.6 Å². The molecule has 1 fully saturated rings. The Morgan fingerprint density at radius 1 is 1.35 bits per heavy atom. The summed E-state index contributed by atoms with van der Waals surface area (Å²) >= 11 is 0. The molecule has 1 aliphatic rings. The molecule has 20 heavy (non-hydrogen) atoms. The Bertz CT molecular complexity index is 416. The first-order chi connectivity index (χ1) is 9.68. The molecule has 1 unspecified atom stereocenters. The van der Waals surface area contributed by atoms with Gasteiger partial charge in [0.25, 0.3) is 0 Å². The summed E-state index contributed by atoms with van der Waals surface area (Å²) in [5.41, 5.74) is 1.14. The first-order valence-electron chi connectivity index (χ1n) is 7.31. The summed E-state index contributed by atoms with van der Waals surface area (Å²) in [5, 5.41) is 3.29. The molecule has 1 atom stereocenters. The van der Waals surface area contributed by atoms with Crippen LogP contribution in [0.5, 0.6) is 0 Å². The molecular weight excluding hydrogens is 252 g/mol. The van der Waals surface area contributed by atoms with Gasteiger partial charge >= 0.3 is 0 Å². The first kappa shape index (κ1) is 15.0. The van der Waals surface area contributed by atoms with Crippen molar-refractivity contribution >= 4 is 5.91 Å². The molecule has 1 heterocycles. The zero-order valence-electron chi connectivity index (χ0n) is 12.3. The van der Waals surface area contributed by atoms with Gasteiger partial charge in [-0.25, -0.2) is 0 Å². The SMILES string of the molecule is CC(c1ccccc1)N(C)C(=O)COC1CCNCC1. The number of benzene rings is 1. The van der Waals surface area contributed by atoms with Crippen molar-refractivity contribution in [1.29, 1.82) is 0 Å². The van der Waals surface area contributed by atoms with Crippen LogP contribution in [0.1, 0.15) is 31.4 Å². The molecule has 1 N–H and O–H groups in total. The third-order valence-corrected chi connectivity index (χ3v) is 3.99. The van der Waals surface area contributed by atoms with E-state index >= 15 is 0 Å². The van der Waals surface area contributed by atoms with Gasteiger partial charge in [-0.1, -0.05) is 30.3 Å². The molecule has 0 bridgehead atoms. The normalized spacial score (nSPS) is 17.7. The Morgan fingerprint density at radius 3 is 2.65 bits per heavy atom. The lowest BCUT2D eigenvalue weighted by Crippen LogP contribution is -2.37. The first-order valence-corrected chi connectivity index (χ1v) is 7.31. The number of hydrogen-bond donors (Lipinski definition) is 1. The van der Waals surface area contributed by atoms with Gasteiger partial charge < -0.3 is 15.0 Å². The second-order valence-electron chi connectivity index (χ2n) is 5.35. The van der Waals surface area contributed by atoms with E-state index in [9.17, 15) is 4.79 Å². The van der Waals surface area contributed by atoms with Gasteiger partial charge in [-0.05, 0) is 38.4 Å². The van der Waals surface area contributed by atoms with Crippen molar-refractivity contribution in [2.45, 2.75) is 31.9 Å². The maximum absolute atomic E-state index is 12.2. The minimum atomic E-state index is 0.0416. The highest BCUT2D eigenvalue weighted by Crippen LogP contribution is 2.18. The number of likely N-dealkylation sites (N-methyl/N-ethyl adjacent to an activating group) is 1. The molecular formula is C16H24N2O2. The van der Waals surface area contributed by atoms with Crippen molar-refractivity contribution in [1.82, 2.24) is 10.2 Å². The van der Waals surface area contributed by atoms with Gasteiger partial charge in [0.15, 0.2) is 0 Å². The highest BCUT2D eigenvalue weighted by Gasteiger charge is 2.20. The number of carbonyl (C=O) groups excluding carboxylic acids is 1. The van der Waals surface area contributed by atoms with Crippen LogP contribution in [-0.4, -0.2) is 43.7 Å². The summed E-state index contributed by atoms with van der Waals surface area (Å²) in [7, 11) is 1.84. The third-order valence-electron chi connectivity index (χ3n) is 3.99. The summed E-state index contributed by atoms with van der Waals surface area (Å²) in [4.78, 5) is 13.9. The van der Waals surface area contributed by atoms with E-state index < -0.39 is 0 Å². The predicted octanol–water partition coefficient (Wildman–Crippen LogP) is 1.97. The Hall–Kier alpha value is -1.39. The van der Waals surface area contributed by atoms with E-state index in [1.165, 1.54) is 0 Å². The number of nitrogens with one attached hydrogen (secondary N) is 1. The lowest BCUT2D eigenvalue weighted by molar-refractivity contribution is -0.139. The summed E-state index contributed by atoms with van der Waals surface area (Å²) in [6.07, 6.45) is 2.21. The molecule has 1 amide bonds. The van der Waals surface area contributed by atoms with Gasteiger partial charge in [0, 0.05) is 7.05 Å².